The van der Waals surface area contributed by atoms with E-state index in [9.17, 15) is 5.26 Å². The van der Waals surface area contributed by atoms with Gasteiger partial charge in [-0.25, -0.2) is 4.98 Å². The minimum atomic E-state index is 0.135. The molecule has 0 saturated carbocycles. The fourth-order valence-electron chi connectivity index (χ4n) is 1.95. The van der Waals surface area contributed by atoms with E-state index >= 15 is 0 Å². The van der Waals surface area contributed by atoms with Crippen LogP contribution in [0.15, 0.2) is 30.6 Å². The molecule has 0 aliphatic rings. The van der Waals surface area contributed by atoms with E-state index in [1.54, 1.807) is 4.57 Å². The Bertz CT molecular complexity index is 672. The molecule has 5 nitrogen and oxygen atoms in total. The highest BCUT2D eigenvalue weighted by molar-refractivity contribution is 5.49. The van der Waals surface area contributed by atoms with Crippen molar-refractivity contribution in [1.29, 1.82) is 10.5 Å². The van der Waals surface area contributed by atoms with Crippen molar-refractivity contribution in [2.24, 2.45) is 0 Å². The summed E-state index contributed by atoms with van der Waals surface area (Å²) in [4.78, 5) is 3.97. The molecule has 1 aromatic heterocycles. The van der Waals surface area contributed by atoms with Crippen LogP contribution >= 0.6 is 0 Å². The van der Waals surface area contributed by atoms with Gasteiger partial charge in [0.2, 0.25) is 0 Å². The second-order valence-electron chi connectivity index (χ2n) is 4.10. The summed E-state index contributed by atoms with van der Waals surface area (Å²) in [5.41, 5.74) is 2.31. The van der Waals surface area contributed by atoms with E-state index in [4.69, 9.17) is 5.26 Å². The Morgan fingerprint density at radius 3 is 2.63 bits per heavy atom. The smallest absolute Gasteiger partial charge is 0.177 e. The number of benzene rings is 1. The average molecular weight is 251 g/mol. The molecule has 1 aromatic carbocycles. The van der Waals surface area contributed by atoms with Crippen LogP contribution in [0.25, 0.3) is 5.69 Å². The van der Waals surface area contributed by atoms with Crippen LogP contribution in [0, 0.1) is 22.7 Å². The molecule has 0 bridgehead atoms. The topological polar surface area (TPSA) is 77.4 Å². The van der Waals surface area contributed by atoms with Gasteiger partial charge in [-0.15, -0.1) is 0 Å². The zero-order valence-corrected chi connectivity index (χ0v) is 10.8. The zero-order chi connectivity index (χ0) is 13.8. The van der Waals surface area contributed by atoms with Crippen molar-refractivity contribution in [1.82, 2.24) is 14.9 Å². The summed E-state index contributed by atoms with van der Waals surface area (Å²) in [6, 6.07) is 11.8. The first-order chi connectivity index (χ1) is 9.22. The number of hydrogen-bond acceptors (Lipinski definition) is 4. The lowest BCUT2D eigenvalue weighted by atomic mass is 10.1. The maximum absolute atomic E-state index is 9.19. The number of aromatic nitrogens is 2. The summed E-state index contributed by atoms with van der Waals surface area (Å²) < 4.78 is 1.65. The maximum Gasteiger partial charge on any atom is 0.177 e. The predicted molar refractivity (Wildman–Crippen MR) is 70.5 cm³/mol. The van der Waals surface area contributed by atoms with Crippen molar-refractivity contribution in [3.63, 3.8) is 0 Å². The van der Waals surface area contributed by atoms with E-state index in [0.717, 1.165) is 11.3 Å². The minimum Gasteiger partial charge on any atom is -0.313 e. The Morgan fingerprint density at radius 1 is 1.26 bits per heavy atom. The van der Waals surface area contributed by atoms with Crippen LogP contribution in [0.1, 0.15) is 29.9 Å². The highest BCUT2D eigenvalue weighted by Gasteiger charge is 2.15. The van der Waals surface area contributed by atoms with Crippen LogP contribution in [0.4, 0.5) is 0 Å². The summed E-state index contributed by atoms with van der Waals surface area (Å²) in [5.74, 6) is 0. The zero-order valence-electron chi connectivity index (χ0n) is 10.8. The highest BCUT2D eigenvalue weighted by Crippen LogP contribution is 2.23. The van der Waals surface area contributed by atoms with Crippen LogP contribution < -0.4 is 5.32 Å². The number of imidazole rings is 1. The van der Waals surface area contributed by atoms with Crippen LogP contribution in [-0.4, -0.2) is 16.6 Å². The normalized spacial score (nSPS) is 11.6. The lowest BCUT2D eigenvalue weighted by Gasteiger charge is -2.16. The molecule has 19 heavy (non-hydrogen) atoms. The number of nitrogens with one attached hydrogen (secondary N) is 1. The summed E-state index contributed by atoms with van der Waals surface area (Å²) in [6.45, 7) is 2.03. The first-order valence-corrected chi connectivity index (χ1v) is 5.87. The molecule has 1 unspecified atom stereocenters. The monoisotopic (exact) mass is 251 g/mol. The highest BCUT2D eigenvalue weighted by atomic mass is 15.1. The second kappa shape index (κ2) is 5.34. The largest absolute Gasteiger partial charge is 0.313 e. The van der Waals surface area contributed by atoms with Crippen molar-refractivity contribution in [3.8, 4) is 17.8 Å². The number of nitrogens with zero attached hydrogens (tertiary/aromatic N) is 4. The SMILES string of the molecule is CNC(C)c1ccccc1-n1cnc(C#N)c1C#N. The fourth-order valence-corrected chi connectivity index (χ4v) is 1.95. The van der Waals surface area contributed by atoms with Gasteiger partial charge in [0.25, 0.3) is 0 Å². The molecule has 2 rings (SSSR count). The molecule has 0 spiro atoms. The van der Waals surface area contributed by atoms with E-state index in [1.807, 2.05) is 50.4 Å². The van der Waals surface area contributed by atoms with Gasteiger partial charge in [0.05, 0.1) is 5.69 Å². The number of nitriles is 2. The second-order valence-corrected chi connectivity index (χ2v) is 4.10. The summed E-state index contributed by atoms with van der Waals surface area (Å²) >= 11 is 0. The number of para-hydroxylation sites is 1. The lowest BCUT2D eigenvalue weighted by molar-refractivity contribution is 0.648. The van der Waals surface area contributed by atoms with E-state index in [1.165, 1.54) is 6.33 Å². The molecule has 0 aliphatic heterocycles. The Hall–Kier alpha value is -2.63. The van der Waals surface area contributed by atoms with Crippen molar-refractivity contribution < 1.29 is 0 Å². The van der Waals surface area contributed by atoms with Crippen LogP contribution in [0.5, 0.6) is 0 Å². The van der Waals surface area contributed by atoms with E-state index in [2.05, 4.69) is 10.3 Å². The van der Waals surface area contributed by atoms with Gasteiger partial charge in [-0.2, -0.15) is 10.5 Å². The first-order valence-electron chi connectivity index (χ1n) is 5.87. The van der Waals surface area contributed by atoms with Gasteiger partial charge in [0.1, 0.15) is 18.5 Å². The molecule has 2 aromatic rings. The van der Waals surface area contributed by atoms with Crippen molar-refractivity contribution in [2.75, 3.05) is 7.05 Å². The molecule has 1 N–H and O–H groups in total. The summed E-state index contributed by atoms with van der Waals surface area (Å²) in [7, 11) is 1.88. The van der Waals surface area contributed by atoms with Gasteiger partial charge in [0, 0.05) is 6.04 Å². The molecule has 1 atom stereocenters. The third-order valence-electron chi connectivity index (χ3n) is 3.08. The molecule has 0 aliphatic carbocycles. The lowest BCUT2D eigenvalue weighted by Crippen LogP contribution is -2.15. The third kappa shape index (κ3) is 2.20. The van der Waals surface area contributed by atoms with Gasteiger partial charge in [-0.05, 0) is 25.6 Å². The Balaban J connectivity index is 2.64. The summed E-state index contributed by atoms with van der Waals surface area (Å²) in [6.07, 6.45) is 1.51. The van der Waals surface area contributed by atoms with E-state index < -0.39 is 0 Å². The molecule has 0 amide bonds. The van der Waals surface area contributed by atoms with Gasteiger partial charge in [0.15, 0.2) is 11.4 Å². The number of hydrogen-bond donors (Lipinski definition) is 1. The van der Waals surface area contributed by atoms with Gasteiger partial charge < -0.3 is 5.32 Å². The minimum absolute atomic E-state index is 0.135. The average Bonchev–Trinajstić information content (AvgIpc) is 2.89. The van der Waals surface area contributed by atoms with E-state index in [0.29, 0.717) is 0 Å². The maximum atomic E-state index is 9.19. The summed E-state index contributed by atoms with van der Waals surface area (Å²) in [5, 5.41) is 21.3. The standard InChI is InChI=1S/C14H13N5/c1-10(17-2)11-5-3-4-6-13(11)19-9-18-12(7-15)14(19)8-16/h3-6,9-10,17H,1-2H3. The van der Waals surface area contributed by atoms with E-state index in [-0.39, 0.29) is 17.4 Å². The molecule has 94 valence electrons. The first kappa shape index (κ1) is 12.8. The molecule has 0 saturated heterocycles. The molecular weight excluding hydrogens is 238 g/mol. The molecular formula is C14H13N5. The fraction of sp³-hybridized carbons (Fsp3) is 0.214. The quantitative estimate of drug-likeness (QED) is 0.903. The molecule has 0 radical (unpaired) electrons. The van der Waals surface area contributed by atoms with Gasteiger partial charge in [-0.3, -0.25) is 4.57 Å². The molecule has 5 heteroatoms. The molecule has 1 heterocycles. The van der Waals surface area contributed by atoms with Crippen LogP contribution in [-0.2, 0) is 0 Å². The Morgan fingerprint density at radius 2 is 2.00 bits per heavy atom. The van der Waals surface area contributed by atoms with Gasteiger partial charge in [-0.1, -0.05) is 18.2 Å². The van der Waals surface area contributed by atoms with Crippen molar-refractivity contribution >= 4 is 0 Å². The van der Waals surface area contributed by atoms with Crippen LogP contribution in [0.2, 0.25) is 0 Å². The Kier molecular flexibility index (Phi) is 3.61. The van der Waals surface area contributed by atoms with Crippen LogP contribution in [0.3, 0.4) is 0 Å². The Labute approximate surface area is 111 Å². The van der Waals surface area contributed by atoms with Gasteiger partial charge >= 0.3 is 0 Å². The number of rotatable bonds is 3. The van der Waals surface area contributed by atoms with Crippen molar-refractivity contribution in [3.05, 3.63) is 47.5 Å². The molecule has 0 fully saturated rings. The third-order valence-corrected chi connectivity index (χ3v) is 3.08. The van der Waals surface area contributed by atoms with Crippen molar-refractivity contribution in [2.45, 2.75) is 13.0 Å². The predicted octanol–water partition coefficient (Wildman–Crippen LogP) is 1.90.